The molecular formula is C33H43N3O5S. The summed E-state index contributed by atoms with van der Waals surface area (Å²) >= 11 is 0. The average Bonchev–Trinajstić information content (AvgIpc) is 3.00. The summed E-state index contributed by atoms with van der Waals surface area (Å²) in [5, 5.41) is 3.07. The van der Waals surface area contributed by atoms with Gasteiger partial charge < -0.3 is 15.0 Å². The lowest BCUT2D eigenvalue weighted by Gasteiger charge is -2.32. The van der Waals surface area contributed by atoms with Gasteiger partial charge in [0, 0.05) is 32.5 Å². The second-order valence-electron chi connectivity index (χ2n) is 10.2. The lowest BCUT2D eigenvalue weighted by molar-refractivity contribution is -0.141. The zero-order chi connectivity index (χ0) is 30.4. The molecule has 0 aliphatic rings. The maximum absolute atomic E-state index is 13.9. The molecule has 0 spiro atoms. The van der Waals surface area contributed by atoms with Gasteiger partial charge in [-0.25, -0.2) is 13.1 Å². The van der Waals surface area contributed by atoms with Crippen LogP contribution in [0.2, 0.25) is 0 Å². The van der Waals surface area contributed by atoms with Crippen molar-refractivity contribution in [1.82, 2.24) is 14.9 Å². The number of nitrogens with one attached hydrogen (secondary N) is 2. The van der Waals surface area contributed by atoms with Crippen LogP contribution in [0.3, 0.4) is 0 Å². The molecule has 1 atom stereocenters. The predicted octanol–water partition coefficient (Wildman–Crippen LogP) is 4.87. The SMILES string of the molecule is CCCCCNC(=O)[C@@H](Cc1ccccc1)N(Cc1ccc(OC)cc1)C(=O)CCc1ccc(S(=O)(=O)NCC)cc1. The quantitative estimate of drug-likeness (QED) is 0.217. The molecule has 3 aromatic carbocycles. The molecule has 3 rings (SSSR count). The van der Waals surface area contributed by atoms with Crippen LogP contribution in [0.4, 0.5) is 0 Å². The van der Waals surface area contributed by atoms with Crippen molar-refractivity contribution >= 4 is 21.8 Å². The summed E-state index contributed by atoms with van der Waals surface area (Å²) in [7, 11) is -1.95. The summed E-state index contributed by atoms with van der Waals surface area (Å²) in [6, 6.07) is 23.1. The lowest BCUT2D eigenvalue weighted by Crippen LogP contribution is -2.50. The van der Waals surface area contributed by atoms with Crippen molar-refractivity contribution in [2.24, 2.45) is 0 Å². The highest BCUT2D eigenvalue weighted by Gasteiger charge is 2.30. The fourth-order valence-corrected chi connectivity index (χ4v) is 5.73. The molecule has 8 nitrogen and oxygen atoms in total. The maximum Gasteiger partial charge on any atom is 0.243 e. The monoisotopic (exact) mass is 593 g/mol. The number of sulfonamides is 1. The Hall–Kier alpha value is -3.69. The molecule has 0 aliphatic carbocycles. The Balaban J connectivity index is 1.85. The first-order valence-corrected chi connectivity index (χ1v) is 16.1. The zero-order valence-electron chi connectivity index (χ0n) is 24.8. The third kappa shape index (κ3) is 9.99. The molecule has 0 saturated carbocycles. The van der Waals surface area contributed by atoms with Crippen molar-refractivity contribution in [1.29, 1.82) is 0 Å². The third-order valence-corrected chi connectivity index (χ3v) is 8.62. The number of hydrogen-bond donors (Lipinski definition) is 2. The molecule has 0 saturated heterocycles. The van der Waals surface area contributed by atoms with E-state index >= 15 is 0 Å². The molecular weight excluding hydrogens is 550 g/mol. The van der Waals surface area contributed by atoms with E-state index in [1.165, 1.54) is 0 Å². The number of unbranched alkanes of at least 4 members (excludes halogenated alkanes) is 2. The largest absolute Gasteiger partial charge is 0.497 e. The maximum atomic E-state index is 13.9. The second kappa shape index (κ2) is 16.7. The molecule has 0 aromatic heterocycles. The number of ether oxygens (including phenoxy) is 1. The number of nitrogens with zero attached hydrogens (tertiary/aromatic N) is 1. The van der Waals surface area contributed by atoms with Gasteiger partial charge in [0.2, 0.25) is 21.8 Å². The van der Waals surface area contributed by atoms with E-state index in [9.17, 15) is 18.0 Å². The van der Waals surface area contributed by atoms with Crippen LogP contribution in [-0.4, -0.2) is 51.4 Å². The number of methoxy groups -OCH3 is 1. The molecule has 0 radical (unpaired) electrons. The number of carbonyl (C=O) groups is 2. The van der Waals surface area contributed by atoms with Gasteiger partial charge in [0.1, 0.15) is 11.8 Å². The van der Waals surface area contributed by atoms with Crippen LogP contribution >= 0.6 is 0 Å². The van der Waals surface area contributed by atoms with Crippen molar-refractivity contribution < 1.29 is 22.7 Å². The predicted molar refractivity (Wildman–Crippen MR) is 166 cm³/mol. The van der Waals surface area contributed by atoms with Crippen LogP contribution < -0.4 is 14.8 Å². The third-order valence-electron chi connectivity index (χ3n) is 7.06. The van der Waals surface area contributed by atoms with Crippen molar-refractivity contribution in [2.45, 2.75) is 69.9 Å². The van der Waals surface area contributed by atoms with Crippen LogP contribution in [0.25, 0.3) is 0 Å². The summed E-state index contributed by atoms with van der Waals surface area (Å²) < 4.78 is 32.4. The Morgan fingerprint density at radius 1 is 0.857 bits per heavy atom. The number of benzene rings is 3. The van der Waals surface area contributed by atoms with Crippen molar-refractivity contribution in [2.75, 3.05) is 20.2 Å². The fourth-order valence-electron chi connectivity index (χ4n) is 4.69. The van der Waals surface area contributed by atoms with Crippen molar-refractivity contribution in [3.63, 3.8) is 0 Å². The van der Waals surface area contributed by atoms with Crippen LogP contribution in [0.1, 0.15) is 56.2 Å². The lowest BCUT2D eigenvalue weighted by atomic mass is 10.0. The van der Waals surface area contributed by atoms with Gasteiger partial charge in [0.15, 0.2) is 0 Å². The molecule has 0 bridgehead atoms. The van der Waals surface area contributed by atoms with Gasteiger partial charge in [-0.2, -0.15) is 0 Å². The van der Waals surface area contributed by atoms with Gasteiger partial charge in [-0.3, -0.25) is 9.59 Å². The summed E-state index contributed by atoms with van der Waals surface area (Å²) in [5.41, 5.74) is 2.70. The highest BCUT2D eigenvalue weighted by atomic mass is 32.2. The van der Waals surface area contributed by atoms with E-state index < -0.39 is 16.1 Å². The minimum Gasteiger partial charge on any atom is -0.497 e. The number of carbonyl (C=O) groups excluding carboxylic acids is 2. The molecule has 2 amide bonds. The number of amides is 2. The smallest absolute Gasteiger partial charge is 0.243 e. The Labute approximate surface area is 250 Å². The van der Waals surface area contributed by atoms with Crippen LogP contribution in [0.5, 0.6) is 5.75 Å². The fraction of sp³-hybridized carbons (Fsp3) is 0.394. The summed E-state index contributed by atoms with van der Waals surface area (Å²) in [6.07, 6.45) is 3.92. The van der Waals surface area contributed by atoms with Gasteiger partial charge in [0.25, 0.3) is 0 Å². The molecule has 0 aliphatic heterocycles. The Morgan fingerprint density at radius 3 is 2.14 bits per heavy atom. The topological polar surface area (TPSA) is 105 Å². The summed E-state index contributed by atoms with van der Waals surface area (Å²) in [4.78, 5) is 29.4. The standard InChI is InChI=1S/C33H43N3O5S/c1-4-6-10-23-34-33(38)31(24-27-11-8-7-9-12-27)36(25-28-13-18-29(41-3)19-14-28)32(37)22-17-26-15-20-30(21-16-26)42(39,40)35-5-2/h7-9,11-16,18-21,31,35H,4-6,10,17,22-25H2,1-3H3,(H,34,38)/t31-/m1/s1. The van der Waals surface area contributed by atoms with Crippen molar-refractivity contribution in [3.8, 4) is 5.75 Å². The zero-order valence-corrected chi connectivity index (χ0v) is 25.7. The van der Waals surface area contributed by atoms with Gasteiger partial charge in [-0.15, -0.1) is 0 Å². The normalized spacial score (nSPS) is 12.0. The molecule has 2 N–H and O–H groups in total. The molecule has 0 fully saturated rings. The highest BCUT2D eigenvalue weighted by molar-refractivity contribution is 7.89. The molecule has 3 aromatic rings. The Morgan fingerprint density at radius 2 is 1.52 bits per heavy atom. The molecule has 9 heteroatoms. The highest BCUT2D eigenvalue weighted by Crippen LogP contribution is 2.19. The minimum absolute atomic E-state index is 0.153. The van der Waals surface area contributed by atoms with E-state index in [1.54, 1.807) is 43.2 Å². The first-order chi connectivity index (χ1) is 20.3. The van der Waals surface area contributed by atoms with E-state index in [2.05, 4.69) is 17.0 Å². The summed E-state index contributed by atoms with van der Waals surface area (Å²) in [6.45, 7) is 4.97. The second-order valence-corrected chi connectivity index (χ2v) is 12.0. The average molecular weight is 594 g/mol. The Kier molecular flexibility index (Phi) is 13.0. The summed E-state index contributed by atoms with van der Waals surface area (Å²) in [5.74, 6) is 0.389. The van der Waals surface area contributed by atoms with E-state index in [0.717, 1.165) is 36.0 Å². The van der Waals surface area contributed by atoms with Crippen LogP contribution in [-0.2, 0) is 39.0 Å². The number of rotatable bonds is 17. The van der Waals surface area contributed by atoms with E-state index in [0.29, 0.717) is 31.7 Å². The Bertz CT molecular complexity index is 1360. The molecule has 226 valence electrons. The molecule has 42 heavy (non-hydrogen) atoms. The van der Waals surface area contributed by atoms with Gasteiger partial charge in [0.05, 0.1) is 12.0 Å². The molecule has 0 heterocycles. The first-order valence-electron chi connectivity index (χ1n) is 14.6. The van der Waals surface area contributed by atoms with Gasteiger partial charge >= 0.3 is 0 Å². The number of hydrogen-bond acceptors (Lipinski definition) is 5. The van der Waals surface area contributed by atoms with Crippen molar-refractivity contribution in [3.05, 3.63) is 95.6 Å². The van der Waals surface area contributed by atoms with Gasteiger partial charge in [-0.05, 0) is 53.8 Å². The van der Waals surface area contributed by atoms with Gasteiger partial charge in [-0.1, -0.05) is 81.3 Å². The number of aryl methyl sites for hydroxylation is 1. The van der Waals surface area contributed by atoms with Crippen LogP contribution in [0.15, 0.2) is 83.8 Å². The van der Waals surface area contributed by atoms with E-state index in [-0.39, 0.29) is 29.7 Å². The van der Waals surface area contributed by atoms with E-state index in [1.807, 2.05) is 54.6 Å². The minimum atomic E-state index is -3.55. The first kappa shape index (κ1) is 32.8. The molecule has 0 unspecified atom stereocenters. The van der Waals surface area contributed by atoms with E-state index in [4.69, 9.17) is 4.74 Å². The van der Waals surface area contributed by atoms with Crippen LogP contribution in [0, 0.1) is 0 Å².